The molecule has 0 spiro atoms. The number of thiocarbonyl (C=S) groups is 1. The van der Waals surface area contributed by atoms with Crippen molar-refractivity contribution in [1.29, 1.82) is 0 Å². The highest BCUT2D eigenvalue weighted by molar-refractivity contribution is 7.80. The van der Waals surface area contributed by atoms with Gasteiger partial charge in [0.25, 0.3) is 5.69 Å². The summed E-state index contributed by atoms with van der Waals surface area (Å²) in [7, 11) is 0. The molecule has 5 nitrogen and oxygen atoms in total. The number of nitro groups is 1. The van der Waals surface area contributed by atoms with Crippen molar-refractivity contribution in [3.05, 3.63) is 75.8 Å². The van der Waals surface area contributed by atoms with Crippen LogP contribution in [0.5, 0.6) is 0 Å². The van der Waals surface area contributed by atoms with Crippen LogP contribution in [0, 0.1) is 10.1 Å². The van der Waals surface area contributed by atoms with E-state index in [4.69, 9.17) is 12.2 Å². The largest absolute Gasteiger partial charge is 0.271 e. The number of hydrogen-bond donors (Lipinski definition) is 1. The van der Waals surface area contributed by atoms with Crippen LogP contribution in [0.15, 0.2) is 59.7 Å². The zero-order valence-corrected chi connectivity index (χ0v) is 11.9. The summed E-state index contributed by atoms with van der Waals surface area (Å²) in [4.78, 5) is 10.7. The van der Waals surface area contributed by atoms with Crippen LogP contribution in [-0.2, 0) is 6.42 Å². The van der Waals surface area contributed by atoms with Gasteiger partial charge in [-0.05, 0) is 23.3 Å². The maximum absolute atomic E-state index is 10.5. The molecule has 0 fully saturated rings. The molecule has 0 radical (unpaired) electrons. The fourth-order valence-corrected chi connectivity index (χ4v) is 1.90. The molecule has 0 aliphatic rings. The summed E-state index contributed by atoms with van der Waals surface area (Å²) in [5.74, 6) is 0. The minimum Gasteiger partial charge on any atom is -0.271 e. The van der Waals surface area contributed by atoms with Crippen LogP contribution < -0.4 is 5.43 Å². The molecule has 0 aromatic heterocycles. The summed E-state index contributed by atoms with van der Waals surface area (Å²) >= 11 is 5.19. The summed E-state index contributed by atoms with van der Waals surface area (Å²) in [5.41, 5.74) is 4.71. The molecule has 0 saturated heterocycles. The van der Waals surface area contributed by atoms with Gasteiger partial charge in [-0.25, -0.2) is 0 Å². The van der Waals surface area contributed by atoms with Gasteiger partial charge in [-0.2, -0.15) is 5.10 Å². The quantitative estimate of drug-likeness (QED) is 0.399. The van der Waals surface area contributed by atoms with Crippen molar-refractivity contribution in [1.82, 2.24) is 5.43 Å². The fraction of sp³-hybridized carbons (Fsp3) is 0.0667. The van der Waals surface area contributed by atoms with Crippen molar-refractivity contribution < 1.29 is 4.92 Å². The maximum Gasteiger partial charge on any atom is 0.269 e. The van der Waals surface area contributed by atoms with Gasteiger partial charge in [0.1, 0.15) is 4.99 Å². The third-order valence-corrected chi connectivity index (χ3v) is 2.95. The monoisotopic (exact) mass is 299 g/mol. The molecule has 0 aliphatic heterocycles. The number of rotatable bonds is 5. The SMILES string of the molecule is O=[N+]([O-])c1ccc(/C=N\NC(=S)Cc2ccccc2)cc1. The zero-order chi connectivity index (χ0) is 15.1. The molecular weight excluding hydrogens is 286 g/mol. The highest BCUT2D eigenvalue weighted by Crippen LogP contribution is 2.10. The highest BCUT2D eigenvalue weighted by Gasteiger charge is 2.02. The van der Waals surface area contributed by atoms with Crippen LogP contribution in [0.1, 0.15) is 11.1 Å². The molecule has 0 aliphatic carbocycles. The first-order valence-electron chi connectivity index (χ1n) is 6.25. The van der Waals surface area contributed by atoms with E-state index in [0.717, 1.165) is 11.1 Å². The number of nitrogens with one attached hydrogen (secondary N) is 1. The van der Waals surface area contributed by atoms with E-state index in [9.17, 15) is 10.1 Å². The van der Waals surface area contributed by atoms with Gasteiger partial charge in [0.15, 0.2) is 0 Å². The Hall–Kier alpha value is -2.60. The minimum atomic E-state index is -0.436. The van der Waals surface area contributed by atoms with E-state index in [2.05, 4.69) is 10.5 Å². The van der Waals surface area contributed by atoms with Crippen LogP contribution in [0.2, 0.25) is 0 Å². The van der Waals surface area contributed by atoms with Gasteiger partial charge in [-0.15, -0.1) is 0 Å². The first kappa shape index (κ1) is 14.8. The van der Waals surface area contributed by atoms with E-state index in [0.29, 0.717) is 11.4 Å². The first-order chi connectivity index (χ1) is 10.1. The summed E-state index contributed by atoms with van der Waals surface area (Å²) in [6.07, 6.45) is 2.19. The van der Waals surface area contributed by atoms with Gasteiger partial charge in [-0.3, -0.25) is 15.5 Å². The van der Waals surface area contributed by atoms with E-state index < -0.39 is 4.92 Å². The predicted octanol–water partition coefficient (Wildman–Crippen LogP) is 3.09. The Kier molecular flexibility index (Phi) is 5.11. The molecule has 2 aromatic carbocycles. The van der Waals surface area contributed by atoms with Gasteiger partial charge in [0.05, 0.1) is 11.1 Å². The van der Waals surface area contributed by atoms with Gasteiger partial charge in [0, 0.05) is 18.6 Å². The van der Waals surface area contributed by atoms with Crippen LogP contribution in [-0.4, -0.2) is 16.1 Å². The van der Waals surface area contributed by atoms with Crippen molar-refractivity contribution in [2.75, 3.05) is 0 Å². The molecule has 0 amide bonds. The Morgan fingerprint density at radius 1 is 1.19 bits per heavy atom. The molecule has 6 heteroatoms. The molecule has 1 N–H and O–H groups in total. The lowest BCUT2D eigenvalue weighted by atomic mass is 10.2. The molecule has 0 saturated carbocycles. The van der Waals surface area contributed by atoms with Crippen LogP contribution in [0.25, 0.3) is 0 Å². The van der Waals surface area contributed by atoms with Crippen molar-refractivity contribution >= 4 is 29.1 Å². The molecule has 2 rings (SSSR count). The number of non-ortho nitro benzene ring substituents is 1. The van der Waals surface area contributed by atoms with E-state index in [-0.39, 0.29) is 5.69 Å². The summed E-state index contributed by atoms with van der Waals surface area (Å²) < 4.78 is 0. The Balaban J connectivity index is 1.87. The van der Waals surface area contributed by atoms with Crippen molar-refractivity contribution in [3.8, 4) is 0 Å². The average molecular weight is 299 g/mol. The molecule has 0 atom stereocenters. The number of benzene rings is 2. The van der Waals surface area contributed by atoms with Gasteiger partial charge in [-0.1, -0.05) is 42.5 Å². The van der Waals surface area contributed by atoms with Gasteiger partial charge in [0.2, 0.25) is 0 Å². The second-order valence-corrected chi connectivity index (χ2v) is 4.80. The summed E-state index contributed by atoms with van der Waals surface area (Å²) in [5, 5.41) is 14.6. The lowest BCUT2D eigenvalue weighted by molar-refractivity contribution is -0.384. The van der Waals surface area contributed by atoms with Crippen LogP contribution in [0.4, 0.5) is 5.69 Å². The smallest absolute Gasteiger partial charge is 0.269 e. The van der Waals surface area contributed by atoms with E-state index in [1.54, 1.807) is 18.3 Å². The molecule has 2 aromatic rings. The third kappa shape index (κ3) is 4.77. The Labute approximate surface area is 127 Å². The zero-order valence-electron chi connectivity index (χ0n) is 11.1. The second kappa shape index (κ2) is 7.25. The van der Waals surface area contributed by atoms with E-state index in [1.165, 1.54) is 12.1 Å². The predicted molar refractivity (Wildman–Crippen MR) is 86.6 cm³/mol. The van der Waals surface area contributed by atoms with Gasteiger partial charge < -0.3 is 0 Å². The molecule has 0 heterocycles. The molecule has 0 bridgehead atoms. The molecule has 0 unspecified atom stereocenters. The van der Waals surface area contributed by atoms with E-state index >= 15 is 0 Å². The number of nitro benzene ring substituents is 1. The summed E-state index contributed by atoms with van der Waals surface area (Å²) in [6.45, 7) is 0. The number of nitrogens with zero attached hydrogens (tertiary/aromatic N) is 2. The number of hydrogen-bond acceptors (Lipinski definition) is 4. The minimum absolute atomic E-state index is 0.0553. The second-order valence-electron chi connectivity index (χ2n) is 4.30. The van der Waals surface area contributed by atoms with E-state index in [1.807, 2.05) is 30.3 Å². The van der Waals surface area contributed by atoms with Crippen LogP contribution in [0.3, 0.4) is 0 Å². The van der Waals surface area contributed by atoms with Crippen molar-refractivity contribution in [3.63, 3.8) is 0 Å². The molecule has 106 valence electrons. The Bertz CT molecular complexity index is 654. The molecule has 21 heavy (non-hydrogen) atoms. The Morgan fingerprint density at radius 2 is 1.86 bits per heavy atom. The van der Waals surface area contributed by atoms with Gasteiger partial charge >= 0.3 is 0 Å². The van der Waals surface area contributed by atoms with Crippen molar-refractivity contribution in [2.24, 2.45) is 5.10 Å². The lowest BCUT2D eigenvalue weighted by Gasteiger charge is -2.02. The average Bonchev–Trinajstić information content (AvgIpc) is 2.49. The third-order valence-electron chi connectivity index (χ3n) is 2.71. The highest BCUT2D eigenvalue weighted by atomic mass is 32.1. The van der Waals surface area contributed by atoms with Crippen molar-refractivity contribution in [2.45, 2.75) is 6.42 Å². The normalized spacial score (nSPS) is 10.5. The topological polar surface area (TPSA) is 67.5 Å². The number of hydrazone groups is 1. The lowest BCUT2D eigenvalue weighted by Crippen LogP contribution is -2.17. The fourth-order valence-electron chi connectivity index (χ4n) is 1.68. The summed E-state index contributed by atoms with van der Waals surface area (Å²) in [6, 6.07) is 16.0. The molecular formula is C15H13N3O2S. The first-order valence-corrected chi connectivity index (χ1v) is 6.66. The Morgan fingerprint density at radius 3 is 2.48 bits per heavy atom. The standard InChI is InChI=1S/C15H13N3O2S/c19-18(20)14-8-6-13(7-9-14)11-16-17-15(21)10-12-4-2-1-3-5-12/h1-9,11H,10H2,(H,17,21)/b16-11-. The maximum atomic E-state index is 10.5. The van der Waals surface area contributed by atoms with Crippen LogP contribution >= 0.6 is 12.2 Å².